The Morgan fingerprint density at radius 2 is 1.93 bits per heavy atom. The van der Waals surface area contributed by atoms with E-state index < -0.39 is 0 Å². The van der Waals surface area contributed by atoms with Crippen LogP contribution >= 0.6 is 0 Å². The molecule has 0 N–H and O–H groups in total. The Kier molecular flexibility index (Phi) is 4.93. The normalized spacial score (nSPS) is 13.9. The summed E-state index contributed by atoms with van der Waals surface area (Å²) in [7, 11) is 3.35. The predicted octanol–water partition coefficient (Wildman–Crippen LogP) is 2.51. The highest BCUT2D eigenvalue weighted by molar-refractivity contribution is 5.52. The molecule has 0 saturated heterocycles. The summed E-state index contributed by atoms with van der Waals surface area (Å²) in [4.78, 5) is 19.7. The first-order valence-corrected chi connectivity index (χ1v) is 8.80. The molecule has 4 rings (SSSR count). The molecule has 0 saturated carbocycles. The van der Waals surface area contributed by atoms with Crippen LogP contribution in [0.25, 0.3) is 11.4 Å². The summed E-state index contributed by atoms with van der Waals surface area (Å²) in [6.45, 7) is 2.56. The van der Waals surface area contributed by atoms with E-state index in [0.29, 0.717) is 5.82 Å². The van der Waals surface area contributed by atoms with Crippen LogP contribution in [-0.2, 0) is 19.5 Å². The third-order valence-electron chi connectivity index (χ3n) is 4.72. The minimum atomic E-state index is 0.680. The van der Waals surface area contributed by atoms with Gasteiger partial charge in [-0.1, -0.05) is 6.07 Å². The smallest absolute Gasteiger partial charge is 0.162 e. The van der Waals surface area contributed by atoms with Crippen LogP contribution in [0.3, 0.4) is 0 Å². The van der Waals surface area contributed by atoms with Crippen LogP contribution in [-0.4, -0.2) is 45.6 Å². The maximum Gasteiger partial charge on any atom is 0.162 e. The Morgan fingerprint density at radius 1 is 1.07 bits per heavy atom. The summed E-state index contributed by atoms with van der Waals surface area (Å²) in [5.74, 6) is 2.32. The van der Waals surface area contributed by atoms with Gasteiger partial charge in [0.2, 0.25) is 0 Å². The second-order valence-electron chi connectivity index (χ2n) is 6.43. The fourth-order valence-corrected chi connectivity index (χ4v) is 3.29. The fourth-order valence-electron chi connectivity index (χ4n) is 3.29. The number of hydrogen-bond donors (Lipinski definition) is 0. The monoisotopic (exact) mass is 363 g/mol. The predicted molar refractivity (Wildman–Crippen MR) is 100 cm³/mol. The van der Waals surface area contributed by atoms with E-state index in [1.54, 1.807) is 26.6 Å². The zero-order valence-electron chi connectivity index (χ0n) is 15.4. The van der Waals surface area contributed by atoms with Gasteiger partial charge >= 0.3 is 0 Å². The Bertz CT molecular complexity index is 933. The van der Waals surface area contributed by atoms with Gasteiger partial charge in [-0.3, -0.25) is 4.90 Å². The molecule has 1 aliphatic heterocycles. The van der Waals surface area contributed by atoms with E-state index in [1.807, 2.05) is 18.3 Å². The van der Waals surface area contributed by atoms with Crippen molar-refractivity contribution in [3.63, 3.8) is 0 Å². The zero-order valence-corrected chi connectivity index (χ0v) is 15.4. The summed E-state index contributed by atoms with van der Waals surface area (Å²) in [5, 5.41) is 0. The van der Waals surface area contributed by atoms with Gasteiger partial charge in [0, 0.05) is 61.8 Å². The van der Waals surface area contributed by atoms with Crippen LogP contribution in [0.5, 0.6) is 11.5 Å². The van der Waals surface area contributed by atoms with Gasteiger partial charge in [0.15, 0.2) is 5.82 Å². The third kappa shape index (κ3) is 3.73. The van der Waals surface area contributed by atoms with Crippen LogP contribution in [0.2, 0.25) is 0 Å². The van der Waals surface area contributed by atoms with Crippen LogP contribution < -0.4 is 9.47 Å². The first-order valence-electron chi connectivity index (χ1n) is 8.80. The van der Waals surface area contributed by atoms with E-state index in [1.165, 1.54) is 6.33 Å². The molecule has 7 heteroatoms. The maximum atomic E-state index is 5.52. The average Bonchev–Trinajstić information content (AvgIpc) is 2.74. The van der Waals surface area contributed by atoms with Crippen molar-refractivity contribution in [2.45, 2.75) is 19.5 Å². The highest BCUT2D eigenvalue weighted by atomic mass is 16.5. The molecule has 0 unspecified atom stereocenters. The van der Waals surface area contributed by atoms with E-state index >= 15 is 0 Å². The first-order chi connectivity index (χ1) is 13.3. The zero-order chi connectivity index (χ0) is 18.6. The molecule has 1 aliphatic rings. The lowest BCUT2D eigenvalue weighted by atomic mass is 10.1. The van der Waals surface area contributed by atoms with Crippen molar-refractivity contribution in [1.82, 2.24) is 24.8 Å². The van der Waals surface area contributed by atoms with Gasteiger partial charge in [0.25, 0.3) is 0 Å². The second-order valence-corrected chi connectivity index (χ2v) is 6.43. The minimum absolute atomic E-state index is 0.680. The molecule has 0 bridgehead atoms. The maximum absolute atomic E-state index is 5.52. The van der Waals surface area contributed by atoms with Crippen LogP contribution in [0.15, 0.2) is 43.1 Å². The molecule has 0 spiro atoms. The molecule has 0 atom stereocenters. The molecule has 27 heavy (non-hydrogen) atoms. The number of ether oxygens (including phenoxy) is 2. The average molecular weight is 363 g/mol. The van der Waals surface area contributed by atoms with Crippen molar-refractivity contribution in [3.8, 4) is 22.9 Å². The summed E-state index contributed by atoms with van der Waals surface area (Å²) in [5.41, 5.74) is 4.24. The SMILES string of the molecule is COc1ccc(CN2CCc3nc(-c4cncnc4)ncc3C2)c(OC)c1. The van der Waals surface area contributed by atoms with Gasteiger partial charge in [-0.25, -0.2) is 19.9 Å². The Morgan fingerprint density at radius 3 is 2.70 bits per heavy atom. The van der Waals surface area contributed by atoms with E-state index in [-0.39, 0.29) is 0 Å². The van der Waals surface area contributed by atoms with Crippen molar-refractivity contribution in [1.29, 1.82) is 0 Å². The molecule has 3 aromatic rings. The van der Waals surface area contributed by atoms with Gasteiger partial charge < -0.3 is 9.47 Å². The van der Waals surface area contributed by atoms with Crippen LogP contribution in [0.1, 0.15) is 16.8 Å². The minimum Gasteiger partial charge on any atom is -0.497 e. The van der Waals surface area contributed by atoms with Crippen molar-refractivity contribution >= 4 is 0 Å². The van der Waals surface area contributed by atoms with Crippen molar-refractivity contribution in [2.24, 2.45) is 0 Å². The van der Waals surface area contributed by atoms with Gasteiger partial charge in [0.05, 0.1) is 25.5 Å². The number of rotatable bonds is 5. The molecular weight excluding hydrogens is 342 g/mol. The highest BCUT2D eigenvalue weighted by Crippen LogP contribution is 2.28. The molecule has 2 aromatic heterocycles. The number of methoxy groups -OCH3 is 2. The largest absolute Gasteiger partial charge is 0.497 e. The van der Waals surface area contributed by atoms with E-state index in [9.17, 15) is 0 Å². The lowest BCUT2D eigenvalue weighted by Gasteiger charge is -2.28. The van der Waals surface area contributed by atoms with Gasteiger partial charge in [-0.15, -0.1) is 0 Å². The lowest BCUT2D eigenvalue weighted by Crippen LogP contribution is -2.31. The van der Waals surface area contributed by atoms with E-state index in [0.717, 1.165) is 59.9 Å². The molecule has 3 heterocycles. The number of nitrogens with zero attached hydrogens (tertiary/aromatic N) is 5. The second kappa shape index (κ2) is 7.67. The van der Waals surface area contributed by atoms with E-state index in [4.69, 9.17) is 14.5 Å². The Balaban J connectivity index is 1.51. The van der Waals surface area contributed by atoms with E-state index in [2.05, 4.69) is 25.9 Å². The van der Waals surface area contributed by atoms with Crippen LogP contribution in [0, 0.1) is 0 Å². The first kappa shape index (κ1) is 17.4. The highest BCUT2D eigenvalue weighted by Gasteiger charge is 2.20. The lowest BCUT2D eigenvalue weighted by molar-refractivity contribution is 0.239. The fraction of sp³-hybridized carbons (Fsp3) is 0.300. The van der Waals surface area contributed by atoms with Crippen molar-refractivity contribution in [2.75, 3.05) is 20.8 Å². The summed E-state index contributed by atoms with van der Waals surface area (Å²) in [6.07, 6.45) is 7.78. The molecular formula is C20H21N5O2. The van der Waals surface area contributed by atoms with Gasteiger partial charge in [-0.05, 0) is 6.07 Å². The summed E-state index contributed by atoms with van der Waals surface area (Å²) in [6, 6.07) is 5.94. The van der Waals surface area contributed by atoms with Gasteiger partial charge in [0.1, 0.15) is 17.8 Å². The molecule has 138 valence electrons. The van der Waals surface area contributed by atoms with Gasteiger partial charge in [-0.2, -0.15) is 0 Å². The number of benzene rings is 1. The number of fused-ring (bicyclic) bond motifs is 1. The Hall–Kier alpha value is -3.06. The Labute approximate surface area is 158 Å². The quantitative estimate of drug-likeness (QED) is 0.689. The molecule has 1 aromatic carbocycles. The summed E-state index contributed by atoms with van der Waals surface area (Å²) >= 11 is 0. The molecule has 7 nitrogen and oxygen atoms in total. The van der Waals surface area contributed by atoms with Crippen molar-refractivity contribution < 1.29 is 9.47 Å². The van der Waals surface area contributed by atoms with Crippen LogP contribution in [0.4, 0.5) is 0 Å². The van der Waals surface area contributed by atoms with Crippen molar-refractivity contribution in [3.05, 3.63) is 59.9 Å². The summed E-state index contributed by atoms with van der Waals surface area (Å²) < 4.78 is 10.8. The molecule has 0 amide bonds. The standard InChI is InChI=1S/C20H21N5O2/c1-26-17-4-3-14(19(7-17)27-2)11-25-6-5-18-16(12-25)10-23-20(24-18)15-8-21-13-22-9-15/h3-4,7-10,13H,5-6,11-12H2,1-2H3. The molecule has 0 aliphatic carbocycles. The number of aromatic nitrogens is 4. The molecule has 0 radical (unpaired) electrons. The molecule has 0 fully saturated rings. The third-order valence-corrected chi connectivity index (χ3v) is 4.72. The topological polar surface area (TPSA) is 73.3 Å². The number of hydrogen-bond acceptors (Lipinski definition) is 7.